The smallest absolute Gasteiger partial charge is 0.253 e. The average molecular weight is 343 g/mol. The molecule has 1 fully saturated rings. The van der Waals surface area contributed by atoms with E-state index >= 15 is 0 Å². The number of aliphatic hydroxyl groups excluding tert-OH is 1. The zero-order valence-electron chi connectivity index (χ0n) is 11.6. The van der Waals surface area contributed by atoms with Gasteiger partial charge in [-0.1, -0.05) is 15.9 Å². The van der Waals surface area contributed by atoms with Crippen LogP contribution in [0.4, 0.5) is 5.69 Å². The highest BCUT2D eigenvalue weighted by molar-refractivity contribution is 9.10. The number of amides is 1. The number of hydrogen-bond donors (Lipinski definition) is 3. The summed E-state index contributed by atoms with van der Waals surface area (Å²) in [5.41, 5.74) is 8.79. The third kappa shape index (κ3) is 2.97. The van der Waals surface area contributed by atoms with E-state index < -0.39 is 12.1 Å². The minimum atomic E-state index is -0.580. The van der Waals surface area contributed by atoms with Gasteiger partial charge in [-0.25, -0.2) is 0 Å². The van der Waals surface area contributed by atoms with Gasteiger partial charge in [0.05, 0.1) is 24.3 Å². The first-order valence-corrected chi connectivity index (χ1v) is 7.33. The first kappa shape index (κ1) is 15.3. The number of hydrogen-bond acceptors (Lipinski definition) is 4. The van der Waals surface area contributed by atoms with Crippen LogP contribution >= 0.6 is 15.9 Å². The summed E-state index contributed by atoms with van der Waals surface area (Å²) in [6, 6.07) is 1.32. The summed E-state index contributed by atoms with van der Waals surface area (Å²) in [6.07, 6.45) is -0.0549. The molecule has 1 aromatic rings. The van der Waals surface area contributed by atoms with Crippen molar-refractivity contribution in [1.29, 1.82) is 0 Å². The van der Waals surface area contributed by atoms with E-state index in [-0.39, 0.29) is 5.91 Å². The van der Waals surface area contributed by atoms with E-state index in [1.807, 2.05) is 13.8 Å². The van der Waals surface area contributed by atoms with Crippen LogP contribution in [0, 0.1) is 13.8 Å². The van der Waals surface area contributed by atoms with Crippen LogP contribution in [-0.4, -0.2) is 36.4 Å². The van der Waals surface area contributed by atoms with Crippen LogP contribution < -0.4 is 11.1 Å². The van der Waals surface area contributed by atoms with Crippen LogP contribution in [0.1, 0.15) is 27.9 Å². The average Bonchev–Trinajstić information content (AvgIpc) is 2.43. The third-order valence-corrected chi connectivity index (χ3v) is 4.59. The topological polar surface area (TPSA) is 84.6 Å². The van der Waals surface area contributed by atoms with Gasteiger partial charge in [0.15, 0.2) is 0 Å². The Balaban J connectivity index is 2.21. The van der Waals surface area contributed by atoms with Crippen molar-refractivity contribution in [3.63, 3.8) is 0 Å². The summed E-state index contributed by atoms with van der Waals surface area (Å²) < 4.78 is 6.11. The van der Waals surface area contributed by atoms with Crippen LogP contribution in [-0.2, 0) is 4.74 Å². The van der Waals surface area contributed by atoms with E-state index in [1.54, 1.807) is 6.07 Å². The third-order valence-electron chi connectivity index (χ3n) is 3.77. The summed E-state index contributed by atoms with van der Waals surface area (Å²) >= 11 is 3.43. The maximum absolute atomic E-state index is 12.3. The lowest BCUT2D eigenvalue weighted by Crippen LogP contribution is -2.49. The molecule has 1 saturated heterocycles. The van der Waals surface area contributed by atoms with Crippen molar-refractivity contribution in [2.75, 3.05) is 18.9 Å². The first-order chi connectivity index (χ1) is 9.41. The first-order valence-electron chi connectivity index (χ1n) is 6.53. The summed E-state index contributed by atoms with van der Waals surface area (Å²) in [5, 5.41) is 12.6. The fourth-order valence-electron chi connectivity index (χ4n) is 2.19. The van der Waals surface area contributed by atoms with Gasteiger partial charge in [0, 0.05) is 16.8 Å². The fraction of sp³-hybridized carbons (Fsp3) is 0.500. The standard InChI is InChI=1S/C14H19BrN2O3/c1-7-8(2)13(16)9(5-10(7)15)14(19)17-11-6-20-4-3-12(11)18/h5,11-12,18H,3-4,6,16H2,1-2H3,(H,17,19). The number of anilines is 1. The van der Waals surface area contributed by atoms with Crippen LogP contribution in [0.25, 0.3) is 0 Å². The molecule has 4 N–H and O–H groups in total. The second-order valence-corrected chi connectivity index (χ2v) is 5.93. The Bertz CT molecular complexity index is 534. The molecular formula is C14H19BrN2O3. The van der Waals surface area contributed by atoms with Gasteiger partial charge in [-0.05, 0) is 37.5 Å². The fourth-order valence-corrected chi connectivity index (χ4v) is 2.72. The molecule has 1 aliphatic rings. The molecule has 20 heavy (non-hydrogen) atoms. The Morgan fingerprint density at radius 3 is 2.85 bits per heavy atom. The summed E-state index contributed by atoms with van der Waals surface area (Å²) in [4.78, 5) is 12.3. The normalized spacial score (nSPS) is 22.6. The van der Waals surface area contributed by atoms with Gasteiger partial charge in [-0.2, -0.15) is 0 Å². The predicted octanol–water partition coefficient (Wildman–Crippen LogP) is 1.53. The highest BCUT2D eigenvalue weighted by Crippen LogP contribution is 2.28. The van der Waals surface area contributed by atoms with E-state index in [9.17, 15) is 9.90 Å². The number of nitrogens with one attached hydrogen (secondary N) is 1. The molecule has 1 aliphatic heterocycles. The molecule has 2 atom stereocenters. The molecule has 0 saturated carbocycles. The molecule has 1 amide bonds. The van der Waals surface area contributed by atoms with E-state index in [0.29, 0.717) is 30.9 Å². The molecule has 0 spiro atoms. The number of nitrogen functional groups attached to an aromatic ring is 1. The van der Waals surface area contributed by atoms with Crippen molar-refractivity contribution in [2.45, 2.75) is 32.4 Å². The minimum Gasteiger partial charge on any atom is -0.398 e. The van der Waals surface area contributed by atoms with Crippen molar-refractivity contribution < 1.29 is 14.6 Å². The molecule has 2 unspecified atom stereocenters. The van der Waals surface area contributed by atoms with Crippen LogP contribution in [0.15, 0.2) is 10.5 Å². The molecule has 0 aromatic heterocycles. The van der Waals surface area contributed by atoms with Crippen LogP contribution in [0.3, 0.4) is 0 Å². The maximum atomic E-state index is 12.3. The number of aliphatic hydroxyl groups is 1. The lowest BCUT2D eigenvalue weighted by molar-refractivity contribution is -0.0139. The lowest BCUT2D eigenvalue weighted by atomic mass is 10.0. The van der Waals surface area contributed by atoms with Gasteiger partial charge >= 0.3 is 0 Å². The SMILES string of the molecule is Cc1c(Br)cc(C(=O)NC2COCCC2O)c(N)c1C. The molecular weight excluding hydrogens is 324 g/mol. The van der Waals surface area contributed by atoms with Gasteiger partial charge in [0.2, 0.25) is 0 Å². The molecule has 2 rings (SSSR count). The van der Waals surface area contributed by atoms with Gasteiger partial charge in [-0.15, -0.1) is 0 Å². The molecule has 0 aliphatic carbocycles. The van der Waals surface area contributed by atoms with E-state index in [2.05, 4.69) is 21.2 Å². The zero-order chi connectivity index (χ0) is 14.9. The maximum Gasteiger partial charge on any atom is 0.253 e. The Morgan fingerprint density at radius 2 is 2.20 bits per heavy atom. The summed E-state index contributed by atoms with van der Waals surface area (Å²) in [7, 11) is 0. The molecule has 1 heterocycles. The van der Waals surface area contributed by atoms with Gasteiger partial charge in [-0.3, -0.25) is 4.79 Å². The number of benzene rings is 1. The van der Waals surface area contributed by atoms with Crippen molar-refractivity contribution in [2.24, 2.45) is 0 Å². The summed E-state index contributed by atoms with van der Waals surface area (Å²) in [6.45, 7) is 4.66. The van der Waals surface area contributed by atoms with Gasteiger partial charge in [0.25, 0.3) is 5.91 Å². The predicted molar refractivity (Wildman–Crippen MR) is 80.7 cm³/mol. The zero-order valence-corrected chi connectivity index (χ0v) is 13.2. The molecule has 0 bridgehead atoms. The Kier molecular flexibility index (Phi) is 4.67. The second-order valence-electron chi connectivity index (χ2n) is 5.08. The van der Waals surface area contributed by atoms with Crippen molar-refractivity contribution in [3.05, 3.63) is 27.2 Å². The van der Waals surface area contributed by atoms with E-state index in [1.165, 1.54) is 0 Å². The highest BCUT2D eigenvalue weighted by Gasteiger charge is 2.26. The number of ether oxygens (including phenoxy) is 1. The van der Waals surface area contributed by atoms with Crippen molar-refractivity contribution in [1.82, 2.24) is 5.32 Å². The number of carbonyl (C=O) groups is 1. The number of carbonyl (C=O) groups excluding carboxylic acids is 1. The molecule has 1 aromatic carbocycles. The van der Waals surface area contributed by atoms with Crippen molar-refractivity contribution >= 4 is 27.5 Å². The molecule has 5 nitrogen and oxygen atoms in total. The number of rotatable bonds is 2. The molecule has 110 valence electrons. The lowest BCUT2D eigenvalue weighted by Gasteiger charge is -2.28. The minimum absolute atomic E-state index is 0.291. The van der Waals surface area contributed by atoms with Gasteiger partial charge in [0.1, 0.15) is 0 Å². The van der Waals surface area contributed by atoms with Crippen LogP contribution in [0.2, 0.25) is 0 Å². The van der Waals surface area contributed by atoms with E-state index in [4.69, 9.17) is 10.5 Å². The largest absolute Gasteiger partial charge is 0.398 e. The molecule has 0 radical (unpaired) electrons. The van der Waals surface area contributed by atoms with Crippen LogP contribution in [0.5, 0.6) is 0 Å². The molecule has 6 heteroatoms. The number of nitrogens with two attached hydrogens (primary N) is 1. The van der Waals surface area contributed by atoms with Crippen molar-refractivity contribution in [3.8, 4) is 0 Å². The second kappa shape index (κ2) is 6.11. The Labute approximate surface area is 126 Å². The monoisotopic (exact) mass is 342 g/mol. The quantitative estimate of drug-likeness (QED) is 0.711. The Morgan fingerprint density at radius 1 is 1.50 bits per heavy atom. The van der Waals surface area contributed by atoms with E-state index in [0.717, 1.165) is 15.6 Å². The van der Waals surface area contributed by atoms with Gasteiger partial charge < -0.3 is 20.9 Å². The summed E-state index contributed by atoms with van der Waals surface area (Å²) in [5.74, 6) is -0.291. The number of halogens is 1. The highest BCUT2D eigenvalue weighted by atomic mass is 79.9. The Hall–Kier alpha value is -1.11.